The first-order chi connectivity index (χ1) is 9.97. The largest absolute Gasteiger partial charge is 0.352 e. The van der Waals surface area contributed by atoms with Crippen molar-refractivity contribution in [2.75, 3.05) is 14.1 Å². The van der Waals surface area contributed by atoms with Crippen molar-refractivity contribution >= 4 is 29.1 Å². The summed E-state index contributed by atoms with van der Waals surface area (Å²) in [5.41, 5.74) is 0.888. The molecule has 2 rings (SSSR count). The number of likely N-dealkylation sites (N-methyl/N-ethyl adjacent to an activating group) is 1. The van der Waals surface area contributed by atoms with Gasteiger partial charge in [0.15, 0.2) is 0 Å². The molecule has 0 aromatic heterocycles. The number of carbonyl (C=O) groups excluding carboxylic acids is 1. The topological polar surface area (TPSA) is 32.3 Å². The third kappa shape index (κ3) is 4.60. The van der Waals surface area contributed by atoms with Gasteiger partial charge in [-0.25, -0.2) is 0 Å². The van der Waals surface area contributed by atoms with Crippen molar-refractivity contribution in [3.05, 3.63) is 33.8 Å². The summed E-state index contributed by atoms with van der Waals surface area (Å²) in [5, 5.41) is 4.18. The molecular weight excluding hydrogens is 307 g/mol. The Balaban J connectivity index is 1.95. The van der Waals surface area contributed by atoms with E-state index in [9.17, 15) is 4.79 Å². The van der Waals surface area contributed by atoms with Crippen molar-refractivity contribution < 1.29 is 4.79 Å². The van der Waals surface area contributed by atoms with Gasteiger partial charge in [-0.3, -0.25) is 4.79 Å². The molecule has 2 unspecified atom stereocenters. The molecule has 0 saturated heterocycles. The summed E-state index contributed by atoms with van der Waals surface area (Å²) in [6, 6.07) is 6.00. The lowest BCUT2D eigenvalue weighted by Crippen LogP contribution is -2.51. The number of halogens is 2. The van der Waals surface area contributed by atoms with Crippen molar-refractivity contribution in [1.29, 1.82) is 0 Å². The standard InChI is InChI=1S/C16H22Cl2N2O/c1-20(2)15-6-4-3-5-14(15)19-16(21)10-11-7-8-12(17)13(18)9-11/h7-9,14-15H,3-6,10H2,1-2H3,(H,19,21). The zero-order valence-corrected chi connectivity index (χ0v) is 14.0. The maximum atomic E-state index is 12.2. The molecular formula is C16H22Cl2N2O. The molecule has 21 heavy (non-hydrogen) atoms. The Morgan fingerprint density at radius 3 is 2.62 bits per heavy atom. The molecule has 1 N–H and O–H groups in total. The Morgan fingerprint density at radius 2 is 1.95 bits per heavy atom. The molecule has 1 aromatic rings. The molecule has 0 aliphatic heterocycles. The highest BCUT2D eigenvalue weighted by molar-refractivity contribution is 6.42. The fraction of sp³-hybridized carbons (Fsp3) is 0.562. The lowest BCUT2D eigenvalue weighted by Gasteiger charge is -2.36. The van der Waals surface area contributed by atoms with Gasteiger partial charge in [0.05, 0.1) is 16.5 Å². The van der Waals surface area contributed by atoms with Crippen LogP contribution in [0.1, 0.15) is 31.2 Å². The third-order valence-corrected chi connectivity index (χ3v) is 4.83. The molecule has 116 valence electrons. The van der Waals surface area contributed by atoms with E-state index in [0.29, 0.717) is 22.5 Å². The summed E-state index contributed by atoms with van der Waals surface area (Å²) in [4.78, 5) is 14.5. The van der Waals surface area contributed by atoms with Gasteiger partial charge in [-0.2, -0.15) is 0 Å². The number of benzene rings is 1. The summed E-state index contributed by atoms with van der Waals surface area (Å²) >= 11 is 11.9. The molecule has 5 heteroatoms. The van der Waals surface area contributed by atoms with E-state index in [1.807, 2.05) is 6.07 Å². The summed E-state index contributed by atoms with van der Waals surface area (Å²) in [7, 11) is 4.15. The van der Waals surface area contributed by atoms with E-state index >= 15 is 0 Å². The second kappa shape index (κ2) is 7.48. The molecule has 0 heterocycles. The van der Waals surface area contributed by atoms with E-state index in [4.69, 9.17) is 23.2 Å². The van der Waals surface area contributed by atoms with E-state index < -0.39 is 0 Å². The highest BCUT2D eigenvalue weighted by Crippen LogP contribution is 2.24. The Bertz CT molecular complexity index is 505. The first-order valence-electron chi connectivity index (χ1n) is 7.37. The van der Waals surface area contributed by atoms with Crippen LogP contribution in [0.4, 0.5) is 0 Å². The fourth-order valence-electron chi connectivity index (χ4n) is 2.99. The Labute approximate surface area is 136 Å². The fourth-order valence-corrected chi connectivity index (χ4v) is 3.31. The molecule has 1 amide bonds. The van der Waals surface area contributed by atoms with Gasteiger partial charge < -0.3 is 10.2 Å². The Morgan fingerprint density at radius 1 is 1.24 bits per heavy atom. The molecule has 1 saturated carbocycles. The van der Waals surface area contributed by atoms with Crippen LogP contribution in [0.5, 0.6) is 0 Å². The van der Waals surface area contributed by atoms with Crippen LogP contribution in [0.25, 0.3) is 0 Å². The lowest BCUT2D eigenvalue weighted by molar-refractivity contribution is -0.121. The van der Waals surface area contributed by atoms with Gasteiger partial charge >= 0.3 is 0 Å². The van der Waals surface area contributed by atoms with Crippen molar-refractivity contribution in [1.82, 2.24) is 10.2 Å². The third-order valence-electron chi connectivity index (χ3n) is 4.09. The van der Waals surface area contributed by atoms with Crippen LogP contribution < -0.4 is 5.32 Å². The second-order valence-corrected chi connectivity index (χ2v) is 6.73. The van der Waals surface area contributed by atoms with Crippen molar-refractivity contribution in [3.63, 3.8) is 0 Å². The number of nitrogens with zero attached hydrogens (tertiary/aromatic N) is 1. The average Bonchev–Trinajstić information content (AvgIpc) is 2.43. The van der Waals surface area contributed by atoms with Gasteiger partial charge in [0.1, 0.15) is 0 Å². The lowest BCUT2D eigenvalue weighted by atomic mass is 9.89. The highest BCUT2D eigenvalue weighted by atomic mass is 35.5. The molecule has 0 radical (unpaired) electrons. The number of carbonyl (C=O) groups is 1. The molecule has 3 nitrogen and oxygen atoms in total. The van der Waals surface area contributed by atoms with E-state index in [2.05, 4.69) is 24.3 Å². The molecule has 0 spiro atoms. The normalized spacial score (nSPS) is 22.3. The van der Waals surface area contributed by atoms with Crippen LogP contribution in [0, 0.1) is 0 Å². The van der Waals surface area contributed by atoms with Crippen LogP contribution >= 0.6 is 23.2 Å². The maximum Gasteiger partial charge on any atom is 0.224 e. The minimum Gasteiger partial charge on any atom is -0.352 e. The minimum absolute atomic E-state index is 0.0483. The average molecular weight is 329 g/mol. The summed E-state index contributed by atoms with van der Waals surface area (Å²) in [5.74, 6) is 0.0483. The van der Waals surface area contributed by atoms with Crippen LogP contribution in [0.2, 0.25) is 10.0 Å². The van der Waals surface area contributed by atoms with Crippen LogP contribution in [-0.4, -0.2) is 37.0 Å². The Hall–Kier alpha value is -0.770. The number of hydrogen-bond acceptors (Lipinski definition) is 2. The zero-order valence-electron chi connectivity index (χ0n) is 12.5. The monoisotopic (exact) mass is 328 g/mol. The van der Waals surface area contributed by atoms with Crippen molar-refractivity contribution in [2.24, 2.45) is 0 Å². The zero-order chi connectivity index (χ0) is 15.4. The van der Waals surface area contributed by atoms with Crippen molar-refractivity contribution in [2.45, 2.75) is 44.2 Å². The molecule has 2 atom stereocenters. The van der Waals surface area contributed by atoms with Crippen molar-refractivity contribution in [3.8, 4) is 0 Å². The van der Waals surface area contributed by atoms with E-state index in [1.54, 1.807) is 12.1 Å². The van der Waals surface area contributed by atoms with Crippen LogP contribution in [0.15, 0.2) is 18.2 Å². The van der Waals surface area contributed by atoms with Gasteiger partial charge in [0.2, 0.25) is 5.91 Å². The minimum atomic E-state index is 0.0483. The number of amides is 1. The predicted molar refractivity (Wildman–Crippen MR) is 88.0 cm³/mol. The molecule has 0 bridgehead atoms. The smallest absolute Gasteiger partial charge is 0.224 e. The highest BCUT2D eigenvalue weighted by Gasteiger charge is 2.27. The van der Waals surface area contributed by atoms with Crippen LogP contribution in [-0.2, 0) is 11.2 Å². The first-order valence-corrected chi connectivity index (χ1v) is 8.12. The summed E-state index contributed by atoms with van der Waals surface area (Å²) < 4.78 is 0. The van der Waals surface area contributed by atoms with Gasteiger partial charge in [0.25, 0.3) is 0 Å². The first kappa shape index (κ1) is 16.6. The van der Waals surface area contributed by atoms with Gasteiger partial charge in [-0.1, -0.05) is 42.1 Å². The molecule has 1 aliphatic carbocycles. The number of rotatable bonds is 4. The van der Waals surface area contributed by atoms with Gasteiger partial charge in [-0.15, -0.1) is 0 Å². The quantitative estimate of drug-likeness (QED) is 0.917. The summed E-state index contributed by atoms with van der Waals surface area (Å²) in [6.07, 6.45) is 4.96. The van der Waals surface area contributed by atoms with Gasteiger partial charge in [-0.05, 0) is 44.6 Å². The van der Waals surface area contributed by atoms with E-state index in [1.165, 1.54) is 12.8 Å². The predicted octanol–water partition coefficient (Wildman–Crippen LogP) is 3.52. The van der Waals surface area contributed by atoms with E-state index in [0.717, 1.165) is 18.4 Å². The van der Waals surface area contributed by atoms with Gasteiger partial charge in [0, 0.05) is 12.1 Å². The molecule has 1 aromatic carbocycles. The SMILES string of the molecule is CN(C)C1CCCCC1NC(=O)Cc1ccc(Cl)c(Cl)c1. The number of hydrogen-bond donors (Lipinski definition) is 1. The van der Waals surface area contributed by atoms with E-state index in [-0.39, 0.29) is 11.9 Å². The number of nitrogens with one attached hydrogen (secondary N) is 1. The molecule has 1 fully saturated rings. The Kier molecular flexibility index (Phi) is 5.91. The maximum absolute atomic E-state index is 12.2. The summed E-state index contributed by atoms with van der Waals surface area (Å²) in [6.45, 7) is 0. The molecule has 1 aliphatic rings. The van der Waals surface area contributed by atoms with Crippen LogP contribution in [0.3, 0.4) is 0 Å². The second-order valence-electron chi connectivity index (χ2n) is 5.91.